The van der Waals surface area contributed by atoms with E-state index in [2.05, 4.69) is 22.0 Å². The monoisotopic (exact) mass is 424 g/mol. The van der Waals surface area contributed by atoms with Crippen LogP contribution in [-0.4, -0.2) is 70.7 Å². The van der Waals surface area contributed by atoms with Crippen molar-refractivity contribution in [2.45, 2.75) is 88.4 Å². The van der Waals surface area contributed by atoms with Crippen LogP contribution in [0.2, 0.25) is 0 Å². The van der Waals surface area contributed by atoms with E-state index in [0.717, 1.165) is 63.7 Å². The number of carbonyl (C=O) groups is 2. The number of thioether (sulfide) groups is 1. The lowest BCUT2D eigenvalue weighted by Gasteiger charge is -2.33. The van der Waals surface area contributed by atoms with Crippen LogP contribution < -0.4 is 0 Å². The Bertz CT molecular complexity index is 615. The van der Waals surface area contributed by atoms with Gasteiger partial charge < -0.3 is 14.2 Å². The van der Waals surface area contributed by atoms with Crippen molar-refractivity contribution >= 4 is 24.0 Å². The van der Waals surface area contributed by atoms with Gasteiger partial charge in [-0.2, -0.15) is 0 Å². The van der Waals surface area contributed by atoms with Gasteiger partial charge in [-0.05, 0) is 46.3 Å². The van der Waals surface area contributed by atoms with E-state index in [1.165, 1.54) is 24.6 Å². The molecule has 1 amide bonds. The molecule has 1 heterocycles. The first-order valence-corrected chi connectivity index (χ1v) is 11.9. The third-order valence-corrected chi connectivity index (χ3v) is 6.36. The summed E-state index contributed by atoms with van der Waals surface area (Å²) in [4.78, 5) is 29.1. The Labute approximate surface area is 179 Å². The summed E-state index contributed by atoms with van der Waals surface area (Å²) in [5.41, 5.74) is 0. The Morgan fingerprint density at radius 1 is 1.21 bits per heavy atom. The summed E-state index contributed by atoms with van der Waals surface area (Å²) in [6.07, 6.45) is 10.9. The second-order valence-electron chi connectivity index (χ2n) is 8.10. The summed E-state index contributed by atoms with van der Waals surface area (Å²) < 4.78 is 5.66. The number of Topliss-reactive ketones (excluding diaryl/α,β-unsaturated/α-hetero) is 1. The van der Waals surface area contributed by atoms with Crippen molar-refractivity contribution in [3.63, 3.8) is 0 Å². The van der Waals surface area contributed by atoms with Crippen LogP contribution in [0.1, 0.15) is 81.8 Å². The second-order valence-corrected chi connectivity index (χ2v) is 9.14. The third kappa shape index (κ3) is 7.74. The van der Waals surface area contributed by atoms with Crippen molar-refractivity contribution in [1.29, 1.82) is 0 Å². The van der Waals surface area contributed by atoms with E-state index >= 15 is 0 Å². The summed E-state index contributed by atoms with van der Waals surface area (Å²) >= 11 is 1.47. The van der Waals surface area contributed by atoms with E-state index in [1.54, 1.807) is 4.90 Å². The summed E-state index contributed by atoms with van der Waals surface area (Å²) in [6.45, 7) is 3.08. The highest BCUT2D eigenvalue weighted by Crippen LogP contribution is 2.26. The fourth-order valence-electron chi connectivity index (χ4n) is 3.83. The van der Waals surface area contributed by atoms with Gasteiger partial charge in [0.15, 0.2) is 0 Å². The van der Waals surface area contributed by atoms with Gasteiger partial charge in [0.25, 0.3) is 11.1 Å². The van der Waals surface area contributed by atoms with Crippen molar-refractivity contribution < 1.29 is 14.0 Å². The molecule has 0 bridgehead atoms. The van der Waals surface area contributed by atoms with Gasteiger partial charge in [-0.25, -0.2) is 0 Å². The fraction of sp³-hybridized carbons (Fsp3) is 0.810. The van der Waals surface area contributed by atoms with Crippen LogP contribution in [0.15, 0.2) is 9.64 Å². The molecule has 0 aliphatic heterocycles. The van der Waals surface area contributed by atoms with Crippen molar-refractivity contribution in [2.24, 2.45) is 0 Å². The van der Waals surface area contributed by atoms with Crippen molar-refractivity contribution in [3.8, 4) is 0 Å². The largest absolute Gasteiger partial charge is 0.408 e. The molecule has 164 valence electrons. The zero-order chi connectivity index (χ0) is 21.1. The lowest BCUT2D eigenvalue weighted by atomic mass is 9.99. The molecule has 0 saturated heterocycles. The minimum Gasteiger partial charge on any atom is -0.408 e. The zero-order valence-electron chi connectivity index (χ0n) is 18.1. The third-order valence-electron chi connectivity index (χ3n) is 5.45. The molecule has 0 radical (unpaired) electrons. The summed E-state index contributed by atoms with van der Waals surface area (Å²) in [7, 11) is 4.08. The Hall–Kier alpha value is -1.41. The normalized spacial score (nSPS) is 16.6. The molecule has 2 rings (SSSR count). The number of unbranched alkanes of at least 4 members (excludes halogenated alkanes) is 1. The molecule has 1 aromatic heterocycles. The number of hydrogen-bond donors (Lipinski definition) is 0. The molecule has 8 heteroatoms. The molecule has 1 atom stereocenters. The highest BCUT2D eigenvalue weighted by molar-refractivity contribution is 7.99. The Kier molecular flexibility index (Phi) is 10.7. The topological polar surface area (TPSA) is 79.5 Å². The van der Waals surface area contributed by atoms with E-state index in [4.69, 9.17) is 4.42 Å². The Morgan fingerprint density at radius 2 is 1.93 bits per heavy atom. The van der Waals surface area contributed by atoms with Crippen molar-refractivity contribution in [1.82, 2.24) is 20.0 Å². The molecule has 1 aliphatic carbocycles. The molecule has 0 N–H and O–H groups in total. The zero-order valence-corrected chi connectivity index (χ0v) is 19.0. The molecule has 1 fully saturated rings. The van der Waals surface area contributed by atoms with Crippen molar-refractivity contribution in [3.05, 3.63) is 5.89 Å². The molecule has 7 nitrogen and oxygen atoms in total. The van der Waals surface area contributed by atoms with Gasteiger partial charge in [0.2, 0.25) is 12.2 Å². The number of hydrogen-bond acceptors (Lipinski definition) is 7. The predicted octanol–water partition coefficient (Wildman–Crippen LogP) is 4.04. The maximum absolute atomic E-state index is 13.2. The molecule has 1 aliphatic rings. The van der Waals surface area contributed by atoms with E-state index in [9.17, 15) is 9.59 Å². The van der Waals surface area contributed by atoms with Gasteiger partial charge >= 0.3 is 0 Å². The summed E-state index contributed by atoms with van der Waals surface area (Å²) in [5.74, 6) is 0.666. The fourth-order valence-corrected chi connectivity index (χ4v) is 4.52. The number of nitrogens with zero attached hydrogens (tertiary/aromatic N) is 4. The van der Waals surface area contributed by atoms with E-state index in [-0.39, 0.29) is 17.7 Å². The number of amides is 1. The highest BCUT2D eigenvalue weighted by Gasteiger charge is 2.33. The second kappa shape index (κ2) is 13.0. The van der Waals surface area contributed by atoms with Crippen LogP contribution in [-0.2, 0) is 4.79 Å². The van der Waals surface area contributed by atoms with Gasteiger partial charge in [0.05, 0.1) is 0 Å². The predicted molar refractivity (Wildman–Crippen MR) is 115 cm³/mol. The lowest BCUT2D eigenvalue weighted by molar-refractivity contribution is -0.122. The molecule has 1 aromatic rings. The first-order chi connectivity index (χ1) is 14.1. The van der Waals surface area contributed by atoms with E-state index in [0.29, 0.717) is 11.6 Å². The average Bonchev–Trinajstić information content (AvgIpc) is 3.02. The van der Waals surface area contributed by atoms with Gasteiger partial charge in [-0.1, -0.05) is 57.2 Å². The minimum absolute atomic E-state index is 0.0293. The number of carbonyl (C=O) groups excluding carboxylic acids is 2. The molecule has 1 unspecified atom stereocenters. The summed E-state index contributed by atoms with van der Waals surface area (Å²) in [5, 5.41) is 8.46. The van der Waals surface area contributed by atoms with Gasteiger partial charge in [-0.15, -0.1) is 10.2 Å². The highest BCUT2D eigenvalue weighted by atomic mass is 32.2. The maximum Gasteiger partial charge on any atom is 0.286 e. The Morgan fingerprint density at radius 3 is 2.55 bits per heavy atom. The lowest BCUT2D eigenvalue weighted by Crippen LogP contribution is -2.46. The first-order valence-electron chi connectivity index (χ1n) is 10.9. The van der Waals surface area contributed by atoms with Gasteiger partial charge in [0.1, 0.15) is 6.04 Å². The number of rotatable bonds is 13. The quantitative estimate of drug-likeness (QED) is 0.155. The number of aromatic nitrogens is 2. The van der Waals surface area contributed by atoms with Crippen molar-refractivity contribution in [2.75, 3.05) is 26.4 Å². The van der Waals surface area contributed by atoms with E-state index in [1.807, 2.05) is 14.1 Å². The van der Waals surface area contributed by atoms with Crippen LogP contribution in [0.5, 0.6) is 0 Å². The molecule has 0 aromatic carbocycles. The van der Waals surface area contributed by atoms with Crippen LogP contribution in [0.4, 0.5) is 0 Å². The maximum atomic E-state index is 13.2. The van der Waals surface area contributed by atoms with Gasteiger partial charge in [0, 0.05) is 11.8 Å². The Balaban J connectivity index is 2.06. The van der Waals surface area contributed by atoms with Gasteiger partial charge in [-0.3, -0.25) is 9.59 Å². The van der Waals surface area contributed by atoms with Crippen LogP contribution in [0.25, 0.3) is 0 Å². The standard InChI is InChI=1S/C21H36N4O3S/c1-4-5-13-18(25(16-26)17-11-8-6-7-9-12-17)19(27)20-22-23-21(28-20)29-15-10-14-24(2)3/h16-18H,4-15H2,1-3H3. The minimum atomic E-state index is -0.511. The average molecular weight is 425 g/mol. The van der Waals surface area contributed by atoms with Crippen LogP contribution in [0, 0.1) is 0 Å². The van der Waals surface area contributed by atoms with E-state index < -0.39 is 6.04 Å². The summed E-state index contributed by atoms with van der Waals surface area (Å²) in [6, 6.07) is -0.383. The first kappa shape index (κ1) is 23.9. The smallest absolute Gasteiger partial charge is 0.286 e. The number of ketones is 1. The van der Waals surface area contributed by atoms with Crippen LogP contribution >= 0.6 is 11.8 Å². The molecule has 29 heavy (non-hydrogen) atoms. The molecular formula is C21H36N4O3S. The SMILES string of the molecule is CCCCC(C(=O)c1nnc(SCCCN(C)C)o1)N(C=O)C1CCCCCC1. The molecular weight excluding hydrogens is 388 g/mol. The molecule has 0 spiro atoms. The molecule has 1 saturated carbocycles. The van der Waals surface area contributed by atoms with Crippen LogP contribution in [0.3, 0.4) is 0 Å².